The summed E-state index contributed by atoms with van der Waals surface area (Å²) in [5.41, 5.74) is 11.6. The molecule has 0 spiro atoms. The van der Waals surface area contributed by atoms with E-state index in [-0.39, 0.29) is 0 Å². The van der Waals surface area contributed by atoms with Crippen LogP contribution in [0.15, 0.2) is 41.5 Å². The summed E-state index contributed by atoms with van der Waals surface area (Å²) < 4.78 is 0. The highest BCUT2D eigenvalue weighted by Crippen LogP contribution is 2.26. The highest BCUT2D eigenvalue weighted by molar-refractivity contribution is 7.80. The summed E-state index contributed by atoms with van der Waals surface area (Å²) >= 11 is 5.37. The second kappa shape index (κ2) is 7.14. The molecule has 0 heterocycles. The predicted molar refractivity (Wildman–Crippen MR) is 106 cm³/mol. The Morgan fingerprint density at radius 2 is 1.88 bits per heavy atom. The Balaban J connectivity index is 1.75. The molecule has 2 N–H and O–H groups in total. The van der Waals surface area contributed by atoms with E-state index in [2.05, 4.69) is 60.9 Å². The fourth-order valence-electron chi connectivity index (χ4n) is 3.27. The molecule has 1 aliphatic rings. The van der Waals surface area contributed by atoms with Crippen LogP contribution < -0.4 is 10.7 Å². The number of fused-ring (bicyclic) bond motifs is 1. The monoisotopic (exact) mass is 337 g/mol. The maximum Gasteiger partial charge on any atom is 0.191 e. The van der Waals surface area contributed by atoms with E-state index in [1.54, 1.807) is 0 Å². The van der Waals surface area contributed by atoms with Crippen LogP contribution in [0.25, 0.3) is 0 Å². The van der Waals surface area contributed by atoms with E-state index in [9.17, 15) is 0 Å². The molecule has 0 fully saturated rings. The van der Waals surface area contributed by atoms with Crippen LogP contribution >= 0.6 is 12.2 Å². The Morgan fingerprint density at radius 3 is 2.67 bits per heavy atom. The van der Waals surface area contributed by atoms with Crippen LogP contribution in [0.2, 0.25) is 0 Å². The molecule has 4 heteroatoms. The first-order valence-corrected chi connectivity index (χ1v) is 8.74. The third-order valence-corrected chi connectivity index (χ3v) is 4.53. The zero-order chi connectivity index (χ0) is 17.1. The lowest BCUT2D eigenvalue weighted by Gasteiger charge is -2.21. The Labute approximate surface area is 149 Å². The molecule has 0 bridgehead atoms. The minimum Gasteiger partial charge on any atom is -0.331 e. The molecular weight excluding hydrogens is 314 g/mol. The SMILES string of the molecule is Cc1cccc(NC(=S)N/N=C2\CCCc3c(C)cc(C)cc32)c1. The van der Waals surface area contributed by atoms with Gasteiger partial charge in [-0.05, 0) is 87.1 Å². The first-order chi connectivity index (χ1) is 11.5. The molecule has 124 valence electrons. The summed E-state index contributed by atoms with van der Waals surface area (Å²) in [6.45, 7) is 6.38. The molecule has 2 aromatic rings. The van der Waals surface area contributed by atoms with Gasteiger partial charge < -0.3 is 5.32 Å². The number of hydrogen-bond acceptors (Lipinski definition) is 2. The van der Waals surface area contributed by atoms with Crippen LogP contribution in [0.1, 0.15) is 40.7 Å². The number of thiocarbonyl (C=S) groups is 1. The third-order valence-electron chi connectivity index (χ3n) is 4.34. The van der Waals surface area contributed by atoms with Crippen LogP contribution in [0.3, 0.4) is 0 Å². The second-order valence-electron chi connectivity index (χ2n) is 6.46. The molecule has 3 rings (SSSR count). The van der Waals surface area contributed by atoms with Crippen molar-refractivity contribution in [3.8, 4) is 0 Å². The van der Waals surface area contributed by atoms with Gasteiger partial charge in [-0.15, -0.1) is 0 Å². The van der Waals surface area contributed by atoms with E-state index in [1.165, 1.54) is 27.8 Å². The number of nitrogens with zero attached hydrogens (tertiary/aromatic N) is 1. The summed E-state index contributed by atoms with van der Waals surface area (Å²) in [5, 5.41) is 8.29. The fourth-order valence-corrected chi connectivity index (χ4v) is 3.43. The molecule has 0 unspecified atom stereocenters. The van der Waals surface area contributed by atoms with Gasteiger partial charge in [0.1, 0.15) is 0 Å². The van der Waals surface area contributed by atoms with Crippen molar-refractivity contribution < 1.29 is 0 Å². The zero-order valence-electron chi connectivity index (χ0n) is 14.4. The van der Waals surface area contributed by atoms with Gasteiger partial charge in [-0.2, -0.15) is 5.10 Å². The Kier molecular flexibility index (Phi) is 4.95. The summed E-state index contributed by atoms with van der Waals surface area (Å²) in [5.74, 6) is 0. The average molecular weight is 337 g/mol. The van der Waals surface area contributed by atoms with Gasteiger partial charge in [-0.3, -0.25) is 5.43 Å². The number of nitrogens with one attached hydrogen (secondary N) is 2. The molecular formula is C20H23N3S. The minimum absolute atomic E-state index is 0.518. The average Bonchev–Trinajstić information content (AvgIpc) is 2.53. The maximum absolute atomic E-state index is 5.37. The summed E-state index contributed by atoms with van der Waals surface area (Å²) in [6.07, 6.45) is 3.25. The van der Waals surface area contributed by atoms with Gasteiger partial charge in [0.15, 0.2) is 5.11 Å². The quantitative estimate of drug-likeness (QED) is 0.619. The summed E-state index contributed by atoms with van der Waals surface area (Å²) in [7, 11) is 0. The Bertz CT molecular complexity index is 809. The van der Waals surface area contributed by atoms with Crippen molar-refractivity contribution >= 4 is 28.7 Å². The second-order valence-corrected chi connectivity index (χ2v) is 6.86. The van der Waals surface area contributed by atoms with E-state index in [0.29, 0.717) is 5.11 Å². The van der Waals surface area contributed by atoms with Crippen molar-refractivity contribution in [1.82, 2.24) is 5.43 Å². The molecule has 1 aliphatic carbocycles. The first-order valence-electron chi connectivity index (χ1n) is 8.33. The summed E-state index contributed by atoms with van der Waals surface area (Å²) in [6, 6.07) is 12.6. The fraction of sp³-hybridized carbons (Fsp3) is 0.300. The first kappa shape index (κ1) is 16.7. The number of rotatable bonds is 2. The van der Waals surface area contributed by atoms with Crippen molar-refractivity contribution in [3.05, 3.63) is 64.2 Å². The number of anilines is 1. The molecule has 0 saturated carbocycles. The molecule has 0 aromatic heterocycles. The van der Waals surface area contributed by atoms with Gasteiger partial charge in [-0.25, -0.2) is 0 Å². The van der Waals surface area contributed by atoms with E-state index in [1.807, 2.05) is 12.1 Å². The molecule has 0 amide bonds. The number of hydrogen-bond donors (Lipinski definition) is 2. The standard InChI is InChI=1S/C20H23N3S/c1-13-6-4-7-16(11-13)21-20(24)23-22-19-9-5-8-17-15(3)10-14(2)12-18(17)19/h4,6-7,10-12H,5,8-9H2,1-3H3,(H2,21,23,24)/b22-19+. The van der Waals surface area contributed by atoms with Crippen molar-refractivity contribution in [2.45, 2.75) is 40.0 Å². The molecule has 24 heavy (non-hydrogen) atoms. The van der Waals surface area contributed by atoms with Gasteiger partial charge in [0, 0.05) is 11.3 Å². The van der Waals surface area contributed by atoms with Gasteiger partial charge in [-0.1, -0.05) is 23.8 Å². The zero-order valence-corrected chi connectivity index (χ0v) is 15.3. The van der Waals surface area contributed by atoms with E-state index >= 15 is 0 Å². The number of hydrazone groups is 1. The molecule has 0 saturated heterocycles. The van der Waals surface area contributed by atoms with Crippen LogP contribution in [0.5, 0.6) is 0 Å². The number of benzene rings is 2. The lowest BCUT2D eigenvalue weighted by Crippen LogP contribution is -2.26. The minimum atomic E-state index is 0.518. The van der Waals surface area contributed by atoms with Gasteiger partial charge in [0.2, 0.25) is 0 Å². The highest BCUT2D eigenvalue weighted by Gasteiger charge is 2.17. The van der Waals surface area contributed by atoms with Gasteiger partial charge in [0.25, 0.3) is 0 Å². The van der Waals surface area contributed by atoms with Gasteiger partial charge >= 0.3 is 0 Å². The van der Waals surface area contributed by atoms with E-state index in [0.717, 1.165) is 30.7 Å². The lowest BCUT2D eigenvalue weighted by molar-refractivity contribution is 0.821. The normalized spacial score (nSPS) is 15.0. The smallest absolute Gasteiger partial charge is 0.191 e. The van der Waals surface area contributed by atoms with E-state index in [4.69, 9.17) is 12.2 Å². The Morgan fingerprint density at radius 1 is 1.04 bits per heavy atom. The van der Waals surface area contributed by atoms with Crippen LogP contribution in [0.4, 0.5) is 5.69 Å². The van der Waals surface area contributed by atoms with Crippen molar-refractivity contribution in [3.63, 3.8) is 0 Å². The maximum atomic E-state index is 5.37. The molecule has 0 atom stereocenters. The largest absolute Gasteiger partial charge is 0.331 e. The predicted octanol–water partition coefficient (Wildman–Crippen LogP) is 4.64. The van der Waals surface area contributed by atoms with Crippen LogP contribution in [-0.2, 0) is 6.42 Å². The molecule has 2 aromatic carbocycles. The van der Waals surface area contributed by atoms with Gasteiger partial charge in [0.05, 0.1) is 5.71 Å². The van der Waals surface area contributed by atoms with Crippen LogP contribution in [-0.4, -0.2) is 10.8 Å². The molecule has 3 nitrogen and oxygen atoms in total. The summed E-state index contributed by atoms with van der Waals surface area (Å²) in [4.78, 5) is 0. The third kappa shape index (κ3) is 3.82. The van der Waals surface area contributed by atoms with E-state index < -0.39 is 0 Å². The molecule has 0 radical (unpaired) electrons. The lowest BCUT2D eigenvalue weighted by atomic mass is 9.86. The Hall–Kier alpha value is -2.20. The number of aryl methyl sites for hydroxylation is 3. The van der Waals surface area contributed by atoms with Crippen molar-refractivity contribution in [2.24, 2.45) is 5.10 Å². The van der Waals surface area contributed by atoms with Crippen molar-refractivity contribution in [1.29, 1.82) is 0 Å². The molecule has 0 aliphatic heterocycles. The van der Waals surface area contributed by atoms with Crippen LogP contribution in [0, 0.1) is 20.8 Å². The van der Waals surface area contributed by atoms with Crippen molar-refractivity contribution in [2.75, 3.05) is 5.32 Å². The highest BCUT2D eigenvalue weighted by atomic mass is 32.1. The topological polar surface area (TPSA) is 36.4 Å².